The number of hydrogen-bond acceptors (Lipinski definition) is 0. The lowest BCUT2D eigenvalue weighted by atomic mass is 9.79. The SMILES string of the molecule is CC(C)c1c2c(c(C(C)C)c3cc4c5cc6ccccc6cc5c5cc(-c6ccc7c(c6)C(C)(C)c6ccccc6-7)ccc5c4cc13)-c1cc3cccc4ccc5ccc-2c1c5c43. The van der Waals surface area contributed by atoms with E-state index in [-0.39, 0.29) is 5.41 Å². The maximum absolute atomic E-state index is 2.60. The Morgan fingerprint density at radius 2 is 0.841 bits per heavy atom. The average Bonchev–Trinajstić information content (AvgIpc) is 3.74. The molecule has 0 heterocycles. The summed E-state index contributed by atoms with van der Waals surface area (Å²) in [5, 5.41) is 21.5. The molecule has 0 N–H and O–H groups in total. The van der Waals surface area contributed by atoms with Crippen LogP contribution in [0.4, 0.5) is 0 Å². The summed E-state index contributed by atoms with van der Waals surface area (Å²) in [6, 6.07) is 61.3. The van der Waals surface area contributed by atoms with Crippen LogP contribution in [0.1, 0.15) is 75.6 Å². The highest BCUT2D eigenvalue weighted by Crippen LogP contribution is 2.59. The molecule has 63 heavy (non-hydrogen) atoms. The monoisotopic (exact) mass is 802 g/mol. The topological polar surface area (TPSA) is 0 Å². The van der Waals surface area contributed by atoms with Crippen LogP contribution in [0.2, 0.25) is 0 Å². The summed E-state index contributed by atoms with van der Waals surface area (Å²) in [6.07, 6.45) is 0. The van der Waals surface area contributed by atoms with E-state index in [1.165, 1.54) is 153 Å². The molecular formula is C63H46. The molecule has 0 nitrogen and oxygen atoms in total. The van der Waals surface area contributed by atoms with Gasteiger partial charge in [-0.1, -0.05) is 157 Å². The predicted octanol–water partition coefficient (Wildman–Crippen LogP) is 18.2. The van der Waals surface area contributed by atoms with E-state index in [1.54, 1.807) is 0 Å². The van der Waals surface area contributed by atoms with Gasteiger partial charge in [-0.25, -0.2) is 0 Å². The summed E-state index contributed by atoms with van der Waals surface area (Å²) < 4.78 is 0. The smallest absolute Gasteiger partial charge is 0.0159 e. The summed E-state index contributed by atoms with van der Waals surface area (Å²) in [6.45, 7) is 14.4. The fraction of sp³-hybridized carbons (Fsp3) is 0.143. The van der Waals surface area contributed by atoms with Gasteiger partial charge >= 0.3 is 0 Å². The van der Waals surface area contributed by atoms with Gasteiger partial charge in [0.25, 0.3) is 0 Å². The highest BCUT2D eigenvalue weighted by molar-refractivity contribution is 6.35. The Morgan fingerprint density at radius 1 is 0.317 bits per heavy atom. The predicted molar refractivity (Wildman–Crippen MR) is 273 cm³/mol. The van der Waals surface area contributed by atoms with Gasteiger partial charge in [-0.05, 0) is 207 Å². The van der Waals surface area contributed by atoms with E-state index in [2.05, 4.69) is 199 Å². The van der Waals surface area contributed by atoms with Crippen molar-refractivity contribution in [1.29, 1.82) is 0 Å². The van der Waals surface area contributed by atoms with Crippen molar-refractivity contribution in [2.24, 2.45) is 0 Å². The van der Waals surface area contributed by atoms with Gasteiger partial charge in [0.1, 0.15) is 0 Å². The average molecular weight is 803 g/mol. The van der Waals surface area contributed by atoms with Crippen LogP contribution in [0.5, 0.6) is 0 Å². The Morgan fingerprint density at radius 3 is 1.57 bits per heavy atom. The molecule has 0 saturated heterocycles. The Balaban J connectivity index is 1.10. The van der Waals surface area contributed by atoms with Crippen LogP contribution in [0, 0.1) is 0 Å². The highest BCUT2D eigenvalue weighted by atomic mass is 14.4. The van der Waals surface area contributed by atoms with Crippen LogP contribution in [0.15, 0.2) is 158 Å². The van der Waals surface area contributed by atoms with E-state index in [0.29, 0.717) is 11.8 Å². The first-order chi connectivity index (χ1) is 30.7. The molecule has 0 amide bonds. The molecule has 0 atom stereocenters. The number of benzene rings is 12. The molecule has 12 aromatic rings. The van der Waals surface area contributed by atoms with Gasteiger partial charge in [0.05, 0.1) is 0 Å². The van der Waals surface area contributed by atoms with E-state index in [9.17, 15) is 0 Å². The van der Waals surface area contributed by atoms with Crippen molar-refractivity contribution in [1.82, 2.24) is 0 Å². The first-order valence-corrected chi connectivity index (χ1v) is 23.0. The molecule has 0 aliphatic heterocycles. The molecule has 14 rings (SSSR count). The lowest BCUT2D eigenvalue weighted by Crippen LogP contribution is -2.14. The molecule has 298 valence electrons. The Bertz CT molecular complexity index is 4040. The van der Waals surface area contributed by atoms with Crippen LogP contribution >= 0.6 is 0 Å². The summed E-state index contributed by atoms with van der Waals surface area (Å²) in [4.78, 5) is 0. The molecule has 0 radical (unpaired) electrons. The van der Waals surface area contributed by atoms with Gasteiger partial charge in [-0.3, -0.25) is 0 Å². The minimum Gasteiger partial charge on any atom is -0.0619 e. The molecule has 0 saturated carbocycles. The standard InChI is InChI=1S/C63H46/c1-33(2)56-51-31-49-42-23-21-39(40-22-24-44-43-16-9-10-17-54(43)63(5,6)55(44)30-40)28-46(42)47-26-37-12-7-8-13-38(37)27-48(47)50(49)32-52(51)57(34(3)4)62-53-29-41-15-11-14-35-18-19-36-20-25-45(61(56)62)60(53)59(36)58(35)41/h7-34H,1-6H3. The molecule has 2 aliphatic carbocycles. The number of hydrogen-bond donors (Lipinski definition) is 0. The van der Waals surface area contributed by atoms with E-state index in [1.807, 2.05) is 0 Å². The second-order valence-corrected chi connectivity index (χ2v) is 19.9. The summed E-state index contributed by atoms with van der Waals surface area (Å²) >= 11 is 0. The molecule has 0 heteroatoms. The van der Waals surface area contributed by atoms with Crippen LogP contribution < -0.4 is 0 Å². The van der Waals surface area contributed by atoms with Gasteiger partial charge in [-0.2, -0.15) is 0 Å². The third-order valence-electron chi connectivity index (χ3n) is 15.5. The van der Waals surface area contributed by atoms with Crippen molar-refractivity contribution in [3.05, 3.63) is 180 Å². The minimum atomic E-state index is -0.0526. The third kappa shape index (κ3) is 4.51. The summed E-state index contributed by atoms with van der Waals surface area (Å²) in [5.74, 6) is 0.637. The van der Waals surface area contributed by atoms with Crippen molar-refractivity contribution < 1.29 is 0 Å². The molecule has 0 spiro atoms. The fourth-order valence-electron chi connectivity index (χ4n) is 12.8. The van der Waals surface area contributed by atoms with Crippen LogP contribution in [0.3, 0.4) is 0 Å². The second kappa shape index (κ2) is 12.1. The molecule has 0 fully saturated rings. The van der Waals surface area contributed by atoms with E-state index < -0.39 is 0 Å². The first-order valence-electron chi connectivity index (χ1n) is 23.0. The van der Waals surface area contributed by atoms with Crippen molar-refractivity contribution >= 4 is 86.2 Å². The normalized spacial score (nSPS) is 14.0. The van der Waals surface area contributed by atoms with Crippen LogP contribution in [0.25, 0.3) is 131 Å². The lowest BCUT2D eigenvalue weighted by Gasteiger charge is -2.25. The molecule has 0 aromatic heterocycles. The van der Waals surface area contributed by atoms with E-state index in [4.69, 9.17) is 0 Å². The summed E-state index contributed by atoms with van der Waals surface area (Å²) in [5.41, 5.74) is 16.7. The summed E-state index contributed by atoms with van der Waals surface area (Å²) in [7, 11) is 0. The van der Waals surface area contributed by atoms with Gasteiger partial charge < -0.3 is 0 Å². The molecule has 12 aromatic carbocycles. The van der Waals surface area contributed by atoms with E-state index in [0.717, 1.165) is 0 Å². The van der Waals surface area contributed by atoms with Gasteiger partial charge in [-0.15, -0.1) is 0 Å². The Hall–Kier alpha value is -7.02. The third-order valence-corrected chi connectivity index (χ3v) is 15.5. The maximum atomic E-state index is 2.60. The van der Waals surface area contributed by atoms with Crippen LogP contribution in [-0.4, -0.2) is 0 Å². The van der Waals surface area contributed by atoms with Crippen molar-refractivity contribution in [3.8, 4) is 44.5 Å². The van der Waals surface area contributed by atoms with Gasteiger partial charge in [0.15, 0.2) is 0 Å². The quantitative estimate of drug-likeness (QED) is 0.123. The largest absolute Gasteiger partial charge is 0.0619 e. The first kappa shape index (κ1) is 35.6. The number of fused-ring (bicyclic) bond motifs is 14. The van der Waals surface area contributed by atoms with Crippen LogP contribution in [-0.2, 0) is 5.41 Å². The van der Waals surface area contributed by atoms with Crippen molar-refractivity contribution in [3.63, 3.8) is 0 Å². The van der Waals surface area contributed by atoms with Crippen molar-refractivity contribution in [2.75, 3.05) is 0 Å². The second-order valence-electron chi connectivity index (χ2n) is 19.9. The lowest BCUT2D eigenvalue weighted by molar-refractivity contribution is 0.660. The van der Waals surface area contributed by atoms with E-state index >= 15 is 0 Å². The van der Waals surface area contributed by atoms with Gasteiger partial charge in [0.2, 0.25) is 0 Å². The van der Waals surface area contributed by atoms with Gasteiger partial charge in [0, 0.05) is 5.41 Å². The fourth-order valence-corrected chi connectivity index (χ4v) is 12.8. The molecular weight excluding hydrogens is 757 g/mol. The zero-order chi connectivity index (χ0) is 42.2. The maximum Gasteiger partial charge on any atom is 0.0159 e. The zero-order valence-corrected chi connectivity index (χ0v) is 36.7. The molecule has 0 bridgehead atoms. The van der Waals surface area contributed by atoms with Crippen molar-refractivity contribution in [2.45, 2.75) is 58.8 Å². The minimum absolute atomic E-state index is 0.0526. The Labute approximate surface area is 367 Å². The highest BCUT2D eigenvalue weighted by Gasteiger charge is 2.36. The molecule has 2 aliphatic rings. The Kier molecular flexibility index (Phi) is 6.84. The number of rotatable bonds is 3. The zero-order valence-electron chi connectivity index (χ0n) is 36.7. The molecule has 0 unspecified atom stereocenters.